The van der Waals surface area contributed by atoms with Crippen LogP contribution in [0.5, 0.6) is 0 Å². The van der Waals surface area contributed by atoms with Crippen LogP contribution in [0.4, 0.5) is 0 Å². The van der Waals surface area contributed by atoms with Crippen molar-refractivity contribution >= 4 is 16.1 Å². The molecule has 0 bridgehead atoms. The monoisotopic (exact) mass is 343 g/mol. The molecule has 0 atom stereocenters. The molecule has 4 nitrogen and oxygen atoms in total. The third kappa shape index (κ3) is 4.12. The molecule has 5 heteroatoms. The molecular weight excluding hydrogens is 320 g/mol. The second-order valence-electron chi connectivity index (χ2n) is 5.98. The predicted molar refractivity (Wildman–Crippen MR) is 96.2 cm³/mol. The molecule has 0 spiro atoms. The molecule has 1 aliphatic rings. The molecule has 1 N–H and O–H groups in total. The summed E-state index contributed by atoms with van der Waals surface area (Å²) in [6.45, 7) is 3.75. The standard InChI is InChI=1S/C19H22N2O2S/c22-24(23,19-11-5-2-6-12-19)21-16-14-20(15-17-21)13-7-10-18-8-3-1-4-9-18/h1-12H,13-17H2/p+1/b10-7+. The van der Waals surface area contributed by atoms with Gasteiger partial charge in [-0.3, -0.25) is 0 Å². The van der Waals surface area contributed by atoms with E-state index in [1.165, 1.54) is 10.5 Å². The Morgan fingerprint density at radius 3 is 2.12 bits per heavy atom. The largest absolute Gasteiger partial charge is 0.329 e. The van der Waals surface area contributed by atoms with Gasteiger partial charge in [-0.25, -0.2) is 8.42 Å². The van der Waals surface area contributed by atoms with Crippen LogP contribution >= 0.6 is 0 Å². The first kappa shape index (κ1) is 16.9. The van der Waals surface area contributed by atoms with E-state index in [9.17, 15) is 8.42 Å². The van der Waals surface area contributed by atoms with Crippen molar-refractivity contribution in [2.75, 3.05) is 32.7 Å². The minimum Gasteiger partial charge on any atom is -0.329 e. The Morgan fingerprint density at radius 2 is 1.50 bits per heavy atom. The zero-order valence-electron chi connectivity index (χ0n) is 13.6. The van der Waals surface area contributed by atoms with Crippen molar-refractivity contribution < 1.29 is 13.3 Å². The second kappa shape index (κ2) is 7.75. The van der Waals surface area contributed by atoms with Crippen molar-refractivity contribution in [2.24, 2.45) is 0 Å². The van der Waals surface area contributed by atoms with E-state index in [4.69, 9.17) is 0 Å². The summed E-state index contributed by atoms with van der Waals surface area (Å²) in [5.74, 6) is 0. The number of hydrogen-bond acceptors (Lipinski definition) is 2. The lowest BCUT2D eigenvalue weighted by molar-refractivity contribution is -0.897. The molecule has 0 saturated carbocycles. The third-order valence-corrected chi connectivity index (χ3v) is 6.24. The SMILES string of the molecule is O=S(=O)(c1ccccc1)N1CC[NH+](C/C=C/c2ccccc2)CC1. The fraction of sp³-hybridized carbons (Fsp3) is 0.263. The average Bonchev–Trinajstić information content (AvgIpc) is 2.64. The number of piperazine rings is 1. The highest BCUT2D eigenvalue weighted by atomic mass is 32.2. The summed E-state index contributed by atoms with van der Waals surface area (Å²) in [7, 11) is -3.35. The molecular formula is C19H23N2O2S+. The Kier molecular flexibility index (Phi) is 5.45. The minimum absolute atomic E-state index is 0.387. The van der Waals surface area contributed by atoms with Gasteiger partial charge in [0.05, 0.1) is 37.6 Å². The van der Waals surface area contributed by atoms with E-state index in [1.54, 1.807) is 28.6 Å². The van der Waals surface area contributed by atoms with Crippen LogP contribution in [0.25, 0.3) is 6.08 Å². The van der Waals surface area contributed by atoms with E-state index in [0.29, 0.717) is 18.0 Å². The first-order valence-electron chi connectivity index (χ1n) is 8.26. The highest BCUT2D eigenvalue weighted by molar-refractivity contribution is 7.89. The summed E-state index contributed by atoms with van der Waals surface area (Å²) in [5.41, 5.74) is 1.20. The van der Waals surface area contributed by atoms with Gasteiger partial charge in [0.1, 0.15) is 0 Å². The van der Waals surface area contributed by atoms with Gasteiger partial charge in [0.2, 0.25) is 10.0 Å². The smallest absolute Gasteiger partial charge is 0.243 e. The molecule has 24 heavy (non-hydrogen) atoms. The van der Waals surface area contributed by atoms with Crippen LogP contribution in [0, 0.1) is 0 Å². The van der Waals surface area contributed by atoms with Crippen molar-refractivity contribution in [1.82, 2.24) is 4.31 Å². The van der Waals surface area contributed by atoms with Gasteiger partial charge in [-0.2, -0.15) is 4.31 Å². The number of hydrogen-bond donors (Lipinski definition) is 1. The maximum Gasteiger partial charge on any atom is 0.243 e. The minimum atomic E-state index is -3.35. The lowest BCUT2D eigenvalue weighted by Gasteiger charge is -2.31. The van der Waals surface area contributed by atoms with E-state index in [-0.39, 0.29) is 0 Å². The Balaban J connectivity index is 1.53. The molecule has 1 fully saturated rings. The summed E-state index contributed by atoms with van der Waals surface area (Å²) in [5, 5.41) is 0. The van der Waals surface area contributed by atoms with Crippen molar-refractivity contribution in [2.45, 2.75) is 4.90 Å². The molecule has 2 aromatic carbocycles. The van der Waals surface area contributed by atoms with Gasteiger partial charge >= 0.3 is 0 Å². The van der Waals surface area contributed by atoms with Gasteiger partial charge in [0, 0.05) is 0 Å². The van der Waals surface area contributed by atoms with Crippen LogP contribution in [0.15, 0.2) is 71.6 Å². The van der Waals surface area contributed by atoms with Crippen LogP contribution in [0.2, 0.25) is 0 Å². The van der Waals surface area contributed by atoms with Crippen LogP contribution in [0.1, 0.15) is 5.56 Å². The molecule has 2 aromatic rings. The quantitative estimate of drug-likeness (QED) is 0.889. The van der Waals surface area contributed by atoms with Gasteiger partial charge in [-0.15, -0.1) is 0 Å². The summed E-state index contributed by atoms with van der Waals surface area (Å²) in [6, 6.07) is 18.9. The van der Waals surface area contributed by atoms with Crippen molar-refractivity contribution in [3.63, 3.8) is 0 Å². The van der Waals surface area contributed by atoms with Crippen molar-refractivity contribution in [3.05, 3.63) is 72.3 Å². The zero-order valence-corrected chi connectivity index (χ0v) is 14.5. The van der Waals surface area contributed by atoms with Crippen LogP contribution in [0.3, 0.4) is 0 Å². The number of benzene rings is 2. The van der Waals surface area contributed by atoms with Crippen molar-refractivity contribution in [3.8, 4) is 0 Å². The Morgan fingerprint density at radius 1 is 0.917 bits per heavy atom. The highest BCUT2D eigenvalue weighted by Crippen LogP contribution is 2.14. The van der Waals surface area contributed by atoms with Gasteiger partial charge in [-0.1, -0.05) is 54.6 Å². The van der Waals surface area contributed by atoms with Crippen LogP contribution in [-0.2, 0) is 10.0 Å². The number of nitrogens with zero attached hydrogens (tertiary/aromatic N) is 1. The van der Waals surface area contributed by atoms with E-state index >= 15 is 0 Å². The lowest BCUT2D eigenvalue weighted by Crippen LogP contribution is -3.14. The lowest BCUT2D eigenvalue weighted by atomic mass is 10.2. The predicted octanol–water partition coefficient (Wildman–Crippen LogP) is 1.29. The highest BCUT2D eigenvalue weighted by Gasteiger charge is 2.29. The molecule has 0 amide bonds. The molecule has 0 radical (unpaired) electrons. The third-order valence-electron chi connectivity index (χ3n) is 4.33. The van der Waals surface area contributed by atoms with Gasteiger partial charge in [-0.05, 0) is 23.8 Å². The molecule has 3 rings (SSSR count). The number of nitrogens with one attached hydrogen (secondary N) is 1. The van der Waals surface area contributed by atoms with E-state index in [2.05, 4.69) is 24.3 Å². The number of quaternary nitrogens is 1. The zero-order chi connectivity index (χ0) is 16.8. The van der Waals surface area contributed by atoms with Crippen LogP contribution in [-0.4, -0.2) is 45.4 Å². The summed E-state index contributed by atoms with van der Waals surface area (Å²) in [6.07, 6.45) is 4.30. The number of rotatable bonds is 5. The first-order chi connectivity index (χ1) is 11.7. The normalized spacial score (nSPS) is 17.3. The average molecular weight is 343 g/mol. The number of sulfonamides is 1. The van der Waals surface area contributed by atoms with Gasteiger partial charge < -0.3 is 4.90 Å². The molecule has 0 aliphatic carbocycles. The first-order valence-corrected chi connectivity index (χ1v) is 9.70. The van der Waals surface area contributed by atoms with Crippen molar-refractivity contribution in [1.29, 1.82) is 0 Å². The summed E-state index contributed by atoms with van der Waals surface area (Å²) in [4.78, 5) is 1.80. The maximum absolute atomic E-state index is 12.6. The molecule has 126 valence electrons. The second-order valence-corrected chi connectivity index (χ2v) is 7.92. The molecule has 0 aromatic heterocycles. The molecule has 1 saturated heterocycles. The fourth-order valence-corrected chi connectivity index (χ4v) is 4.38. The maximum atomic E-state index is 12.6. The van der Waals surface area contributed by atoms with E-state index in [0.717, 1.165) is 19.6 Å². The summed E-state index contributed by atoms with van der Waals surface area (Å²) < 4.78 is 26.8. The molecule has 0 unspecified atom stereocenters. The van der Waals surface area contributed by atoms with Gasteiger partial charge in [0.25, 0.3) is 0 Å². The Hall–Kier alpha value is -1.95. The van der Waals surface area contributed by atoms with E-state index in [1.807, 2.05) is 24.3 Å². The molecule has 1 aliphatic heterocycles. The Labute approximate surface area is 144 Å². The molecule has 1 heterocycles. The Bertz CT molecular complexity index is 766. The van der Waals surface area contributed by atoms with Crippen LogP contribution < -0.4 is 4.90 Å². The summed E-state index contributed by atoms with van der Waals surface area (Å²) >= 11 is 0. The fourth-order valence-electron chi connectivity index (χ4n) is 2.91. The van der Waals surface area contributed by atoms with E-state index < -0.39 is 10.0 Å². The van der Waals surface area contributed by atoms with Gasteiger partial charge in [0.15, 0.2) is 0 Å². The topological polar surface area (TPSA) is 41.8 Å².